The Kier molecular flexibility index (Phi) is 10.1. The summed E-state index contributed by atoms with van der Waals surface area (Å²) in [5.41, 5.74) is 0. The molecule has 0 radical (unpaired) electrons. The molecule has 0 unspecified atom stereocenters. The van der Waals surface area contributed by atoms with Crippen LogP contribution in [0.15, 0.2) is 0 Å². The van der Waals surface area contributed by atoms with Crippen molar-refractivity contribution < 1.29 is 31.0 Å². The van der Waals surface area contributed by atoms with Crippen LogP contribution in [0.25, 0.3) is 0 Å². The molecule has 2 heteroatoms. The van der Waals surface area contributed by atoms with E-state index >= 15 is 0 Å². The minimum atomic E-state index is 0. The molecule has 0 aliphatic rings. The van der Waals surface area contributed by atoms with Crippen LogP contribution < -0.4 is 29.6 Å². The molecule has 0 atom stereocenters. The van der Waals surface area contributed by atoms with Gasteiger partial charge in [0.15, 0.2) is 0 Å². The molecule has 0 N–H and O–H groups in total. The summed E-state index contributed by atoms with van der Waals surface area (Å²) in [7, 11) is 0. The summed E-state index contributed by atoms with van der Waals surface area (Å²) in [5.74, 6) is 0. The van der Waals surface area contributed by atoms with Crippen LogP contribution in [0.1, 0.15) is 15.3 Å². The van der Waals surface area contributed by atoms with E-state index in [0.29, 0.717) is 5.38 Å². The largest absolute Gasteiger partial charge is 1.00 e. The first-order valence-electron chi connectivity index (χ1n) is 1.37. The Bertz CT molecular complexity index is 15.5. The van der Waals surface area contributed by atoms with Crippen LogP contribution in [0.2, 0.25) is 0 Å². The molecule has 0 saturated carbocycles. The molecule has 0 bridgehead atoms. The fourth-order valence-electron chi connectivity index (χ4n) is 0. The first kappa shape index (κ1) is 9.56. The van der Waals surface area contributed by atoms with Gasteiger partial charge in [-0.2, -0.15) is 0 Å². The zero-order valence-electron chi connectivity index (χ0n) is 4.96. The van der Waals surface area contributed by atoms with E-state index in [4.69, 9.17) is 11.6 Å². The molecule has 28 valence electrons. The van der Waals surface area contributed by atoms with Crippen molar-refractivity contribution in [3.8, 4) is 0 Å². The first-order valence-corrected chi connectivity index (χ1v) is 1.81. The van der Waals surface area contributed by atoms with Crippen molar-refractivity contribution >= 4 is 11.6 Å². The molecule has 0 spiro atoms. The first-order chi connectivity index (χ1) is 1.73. The summed E-state index contributed by atoms with van der Waals surface area (Å²) in [6.45, 7) is 3.86. The smallest absolute Gasteiger partial charge is 1.00 e. The van der Waals surface area contributed by atoms with Crippen LogP contribution >= 0.6 is 11.6 Å². The van der Waals surface area contributed by atoms with Gasteiger partial charge in [0.25, 0.3) is 0 Å². The van der Waals surface area contributed by atoms with Gasteiger partial charge in [-0.1, -0.05) is 0 Å². The van der Waals surface area contributed by atoms with Crippen LogP contribution in [-0.4, -0.2) is 5.38 Å². The van der Waals surface area contributed by atoms with E-state index < -0.39 is 0 Å². The SMILES string of the molecule is CC(C)Cl.[H-].[Na+]. The van der Waals surface area contributed by atoms with Crippen molar-refractivity contribution in [3.63, 3.8) is 0 Å². The van der Waals surface area contributed by atoms with Crippen molar-refractivity contribution in [2.24, 2.45) is 0 Å². The Balaban J connectivity index is -0.0000000450. The van der Waals surface area contributed by atoms with Crippen LogP contribution in [-0.2, 0) is 0 Å². The monoisotopic (exact) mass is 102 g/mol. The molecule has 0 saturated heterocycles. The average molecular weight is 103 g/mol. The number of halogens is 1. The van der Waals surface area contributed by atoms with E-state index in [1.165, 1.54) is 0 Å². The Morgan fingerprint density at radius 3 is 1.60 bits per heavy atom. The molecule has 0 aromatic carbocycles. The van der Waals surface area contributed by atoms with E-state index in [2.05, 4.69) is 0 Å². The molecular formula is C3H8ClNa. The molecule has 5 heavy (non-hydrogen) atoms. The minimum Gasteiger partial charge on any atom is -1.00 e. The van der Waals surface area contributed by atoms with Crippen LogP contribution in [0.5, 0.6) is 0 Å². The predicted molar refractivity (Wildman–Crippen MR) is 22.1 cm³/mol. The van der Waals surface area contributed by atoms with E-state index in [1.807, 2.05) is 13.8 Å². The van der Waals surface area contributed by atoms with Gasteiger partial charge < -0.3 is 1.43 Å². The van der Waals surface area contributed by atoms with Gasteiger partial charge in [0, 0.05) is 5.38 Å². The van der Waals surface area contributed by atoms with Gasteiger partial charge in [-0.3, -0.25) is 0 Å². The second kappa shape index (κ2) is 5.29. The van der Waals surface area contributed by atoms with Crippen LogP contribution in [0.3, 0.4) is 0 Å². The van der Waals surface area contributed by atoms with Gasteiger partial charge in [-0.15, -0.1) is 11.6 Å². The fraction of sp³-hybridized carbons (Fsp3) is 1.00. The van der Waals surface area contributed by atoms with Crippen molar-refractivity contribution in [3.05, 3.63) is 0 Å². The molecule has 0 aromatic heterocycles. The Morgan fingerprint density at radius 1 is 1.60 bits per heavy atom. The third kappa shape index (κ3) is 34.4. The zero-order chi connectivity index (χ0) is 3.58. The second-order valence-corrected chi connectivity index (χ2v) is 1.89. The third-order valence-corrected chi connectivity index (χ3v) is 0. The normalized spacial score (nSPS) is 7.20. The van der Waals surface area contributed by atoms with Gasteiger partial charge in [-0.05, 0) is 13.8 Å². The number of rotatable bonds is 0. The standard InChI is InChI=1S/C3H7Cl.Na.H/c1-3(2)4;;/h3H,1-2H3;;/q;+1;-1. The van der Waals surface area contributed by atoms with E-state index in [0.717, 1.165) is 0 Å². The van der Waals surface area contributed by atoms with Gasteiger partial charge in [0.1, 0.15) is 0 Å². The van der Waals surface area contributed by atoms with Gasteiger partial charge >= 0.3 is 29.6 Å². The Labute approximate surface area is 61.7 Å². The summed E-state index contributed by atoms with van der Waals surface area (Å²) in [5, 5.41) is 0.306. The third-order valence-electron chi connectivity index (χ3n) is 0. The van der Waals surface area contributed by atoms with Crippen molar-refractivity contribution in [1.82, 2.24) is 0 Å². The maximum atomic E-state index is 5.27. The second-order valence-electron chi connectivity index (χ2n) is 1.01. The molecule has 0 aliphatic heterocycles. The van der Waals surface area contributed by atoms with Crippen LogP contribution in [0, 0.1) is 0 Å². The summed E-state index contributed by atoms with van der Waals surface area (Å²) in [6, 6.07) is 0. The topological polar surface area (TPSA) is 0 Å². The summed E-state index contributed by atoms with van der Waals surface area (Å²) < 4.78 is 0. The molecule has 0 nitrogen and oxygen atoms in total. The predicted octanol–water partition coefficient (Wildman–Crippen LogP) is -1.25. The molecule has 0 fully saturated rings. The summed E-state index contributed by atoms with van der Waals surface area (Å²) >= 11 is 5.27. The molecule has 0 amide bonds. The van der Waals surface area contributed by atoms with E-state index in [9.17, 15) is 0 Å². The zero-order valence-corrected chi connectivity index (χ0v) is 6.71. The van der Waals surface area contributed by atoms with Crippen molar-refractivity contribution in [1.29, 1.82) is 0 Å². The average Bonchev–Trinajstić information content (AvgIpc) is 0.811. The van der Waals surface area contributed by atoms with Crippen molar-refractivity contribution in [2.75, 3.05) is 0 Å². The molecule has 0 aliphatic carbocycles. The molecule has 0 heterocycles. The number of hydrogen-bond donors (Lipinski definition) is 0. The summed E-state index contributed by atoms with van der Waals surface area (Å²) in [6.07, 6.45) is 0. The maximum Gasteiger partial charge on any atom is 1.00 e. The van der Waals surface area contributed by atoms with E-state index in [-0.39, 0.29) is 31.0 Å². The van der Waals surface area contributed by atoms with Crippen molar-refractivity contribution in [2.45, 2.75) is 19.2 Å². The number of hydrogen-bond acceptors (Lipinski definition) is 0. The van der Waals surface area contributed by atoms with Crippen LogP contribution in [0.4, 0.5) is 0 Å². The molecular weight excluding hydrogens is 94.5 g/mol. The molecule has 0 aromatic rings. The van der Waals surface area contributed by atoms with Gasteiger partial charge in [0.2, 0.25) is 0 Å². The molecule has 0 rings (SSSR count). The maximum absolute atomic E-state index is 5.27. The Morgan fingerprint density at radius 2 is 1.60 bits per heavy atom. The number of alkyl halides is 1. The van der Waals surface area contributed by atoms with E-state index in [1.54, 1.807) is 0 Å². The fourth-order valence-corrected chi connectivity index (χ4v) is 0. The quantitative estimate of drug-likeness (QED) is 0.265. The summed E-state index contributed by atoms with van der Waals surface area (Å²) in [4.78, 5) is 0. The van der Waals surface area contributed by atoms with Gasteiger partial charge in [0.05, 0.1) is 0 Å². The Hall–Kier alpha value is 1.29. The minimum absolute atomic E-state index is 0. The van der Waals surface area contributed by atoms with Gasteiger partial charge in [-0.25, -0.2) is 0 Å².